The van der Waals surface area contributed by atoms with Crippen LogP contribution in [0.4, 0.5) is 0 Å². The van der Waals surface area contributed by atoms with Crippen molar-refractivity contribution in [2.24, 2.45) is 5.41 Å². The van der Waals surface area contributed by atoms with Gasteiger partial charge in [-0.15, -0.1) is 0 Å². The molecule has 0 amide bonds. The average Bonchev–Trinajstić information content (AvgIpc) is 2.84. The summed E-state index contributed by atoms with van der Waals surface area (Å²) in [6, 6.07) is 0. The van der Waals surface area contributed by atoms with Crippen LogP contribution in [0.5, 0.6) is 0 Å². The first-order valence-electron chi connectivity index (χ1n) is 4.91. The van der Waals surface area contributed by atoms with Crippen molar-refractivity contribution in [2.75, 3.05) is 6.61 Å². The van der Waals surface area contributed by atoms with Gasteiger partial charge in [0, 0.05) is 18.5 Å². The van der Waals surface area contributed by atoms with E-state index in [0.717, 1.165) is 6.42 Å². The van der Waals surface area contributed by atoms with Crippen LogP contribution in [0.25, 0.3) is 0 Å². The van der Waals surface area contributed by atoms with Gasteiger partial charge in [-0.25, -0.2) is 0 Å². The number of aliphatic hydroxyl groups excluding tert-OH is 1. The van der Waals surface area contributed by atoms with Gasteiger partial charge in [0.25, 0.3) is 0 Å². The summed E-state index contributed by atoms with van der Waals surface area (Å²) in [4.78, 5) is 3.23. The summed E-state index contributed by atoms with van der Waals surface area (Å²) in [6.45, 7) is 4.58. The van der Waals surface area contributed by atoms with Crippen molar-refractivity contribution in [1.29, 1.82) is 0 Å². The lowest BCUT2D eigenvalue weighted by Crippen LogP contribution is -2.11. The molecule has 1 aromatic heterocycles. The van der Waals surface area contributed by atoms with E-state index in [9.17, 15) is 5.11 Å². The number of aryl methyl sites for hydroxylation is 2. The second-order valence-corrected chi connectivity index (χ2v) is 4.41. The summed E-state index contributed by atoms with van der Waals surface area (Å²) < 4.78 is 0. The summed E-state index contributed by atoms with van der Waals surface area (Å²) in [7, 11) is 0. The van der Waals surface area contributed by atoms with Crippen LogP contribution < -0.4 is 0 Å². The Kier molecular flexibility index (Phi) is 1.95. The lowest BCUT2D eigenvalue weighted by Gasteiger charge is -2.11. The SMILES string of the molecule is Cc1c[nH]c(C)c1CC1(CO)CC1. The predicted octanol–water partition coefficient (Wildman–Crippen LogP) is 1.95. The molecule has 1 saturated carbocycles. The normalized spacial score (nSPS) is 19.0. The van der Waals surface area contributed by atoms with Crippen LogP contribution in [0.2, 0.25) is 0 Å². The fourth-order valence-electron chi connectivity index (χ4n) is 1.90. The zero-order valence-corrected chi connectivity index (χ0v) is 8.35. The third kappa shape index (κ3) is 1.51. The molecule has 1 heterocycles. The predicted molar refractivity (Wildman–Crippen MR) is 52.7 cm³/mol. The molecule has 0 atom stereocenters. The minimum Gasteiger partial charge on any atom is -0.396 e. The molecular formula is C11H17NO. The number of rotatable bonds is 3. The maximum absolute atomic E-state index is 9.23. The van der Waals surface area contributed by atoms with Gasteiger partial charge in [0.15, 0.2) is 0 Å². The van der Waals surface area contributed by atoms with Crippen molar-refractivity contribution in [3.63, 3.8) is 0 Å². The quantitative estimate of drug-likeness (QED) is 0.731. The Morgan fingerprint density at radius 3 is 2.54 bits per heavy atom. The Morgan fingerprint density at radius 2 is 2.15 bits per heavy atom. The fourth-order valence-corrected chi connectivity index (χ4v) is 1.90. The summed E-state index contributed by atoms with van der Waals surface area (Å²) in [5, 5.41) is 9.23. The van der Waals surface area contributed by atoms with Crippen LogP contribution in [0.3, 0.4) is 0 Å². The van der Waals surface area contributed by atoms with Crippen LogP contribution in [0.1, 0.15) is 29.7 Å². The molecule has 13 heavy (non-hydrogen) atoms. The number of hydrogen-bond donors (Lipinski definition) is 2. The molecule has 1 aliphatic rings. The third-order valence-corrected chi connectivity index (χ3v) is 3.28. The van der Waals surface area contributed by atoms with Gasteiger partial charge < -0.3 is 10.1 Å². The first-order chi connectivity index (χ1) is 6.17. The first-order valence-corrected chi connectivity index (χ1v) is 4.91. The van der Waals surface area contributed by atoms with E-state index < -0.39 is 0 Å². The standard InChI is InChI=1S/C11H17NO/c1-8-6-12-9(2)10(8)5-11(7-13)3-4-11/h6,12-13H,3-5,7H2,1-2H3. The molecule has 2 N–H and O–H groups in total. The van der Waals surface area contributed by atoms with E-state index in [1.165, 1.54) is 29.7 Å². The van der Waals surface area contributed by atoms with Crippen LogP contribution >= 0.6 is 0 Å². The number of hydrogen-bond acceptors (Lipinski definition) is 1. The fraction of sp³-hybridized carbons (Fsp3) is 0.636. The monoisotopic (exact) mass is 179 g/mol. The van der Waals surface area contributed by atoms with Gasteiger partial charge in [-0.1, -0.05) is 0 Å². The van der Waals surface area contributed by atoms with Gasteiger partial charge in [0.05, 0.1) is 0 Å². The maximum Gasteiger partial charge on any atom is 0.0490 e. The summed E-state index contributed by atoms with van der Waals surface area (Å²) in [5.41, 5.74) is 4.23. The van der Waals surface area contributed by atoms with Crippen LogP contribution in [-0.4, -0.2) is 16.7 Å². The second kappa shape index (κ2) is 2.88. The zero-order chi connectivity index (χ0) is 9.47. The largest absolute Gasteiger partial charge is 0.396 e. The molecule has 0 bridgehead atoms. The Bertz CT molecular complexity index is 290. The van der Waals surface area contributed by atoms with Crippen molar-refractivity contribution in [2.45, 2.75) is 33.1 Å². The number of aromatic nitrogens is 1. The third-order valence-electron chi connectivity index (χ3n) is 3.28. The molecule has 1 aliphatic carbocycles. The number of nitrogens with one attached hydrogen (secondary N) is 1. The topological polar surface area (TPSA) is 36.0 Å². The van der Waals surface area contributed by atoms with E-state index in [-0.39, 0.29) is 5.41 Å². The molecule has 0 aliphatic heterocycles. The highest BCUT2D eigenvalue weighted by Crippen LogP contribution is 2.48. The molecular weight excluding hydrogens is 162 g/mol. The Hall–Kier alpha value is -0.760. The van der Waals surface area contributed by atoms with E-state index in [2.05, 4.69) is 25.0 Å². The van der Waals surface area contributed by atoms with Gasteiger partial charge in [0.2, 0.25) is 0 Å². The molecule has 2 nitrogen and oxygen atoms in total. The second-order valence-electron chi connectivity index (χ2n) is 4.41. The van der Waals surface area contributed by atoms with Crippen molar-refractivity contribution < 1.29 is 5.11 Å². The summed E-state index contributed by atoms with van der Waals surface area (Å²) in [6.07, 6.45) is 5.48. The van der Waals surface area contributed by atoms with Gasteiger partial charge in [-0.2, -0.15) is 0 Å². The van der Waals surface area contributed by atoms with E-state index in [1.54, 1.807) is 0 Å². The summed E-state index contributed by atoms with van der Waals surface area (Å²) in [5.74, 6) is 0. The molecule has 0 spiro atoms. The molecule has 1 fully saturated rings. The average molecular weight is 179 g/mol. The van der Waals surface area contributed by atoms with Gasteiger partial charge in [-0.05, 0) is 49.7 Å². The molecule has 0 aromatic carbocycles. The maximum atomic E-state index is 9.23. The minimum absolute atomic E-state index is 0.234. The van der Waals surface area contributed by atoms with Crippen molar-refractivity contribution >= 4 is 0 Å². The Balaban J connectivity index is 2.17. The zero-order valence-electron chi connectivity index (χ0n) is 8.35. The van der Waals surface area contributed by atoms with Crippen LogP contribution in [-0.2, 0) is 6.42 Å². The van der Waals surface area contributed by atoms with E-state index in [1.807, 2.05) is 0 Å². The van der Waals surface area contributed by atoms with Gasteiger partial charge >= 0.3 is 0 Å². The molecule has 72 valence electrons. The van der Waals surface area contributed by atoms with E-state index in [4.69, 9.17) is 0 Å². The molecule has 0 radical (unpaired) electrons. The Labute approximate surface area is 79.0 Å². The van der Waals surface area contributed by atoms with Crippen molar-refractivity contribution in [3.8, 4) is 0 Å². The Morgan fingerprint density at radius 1 is 1.46 bits per heavy atom. The van der Waals surface area contributed by atoms with Crippen LogP contribution in [0.15, 0.2) is 6.20 Å². The van der Waals surface area contributed by atoms with E-state index >= 15 is 0 Å². The van der Waals surface area contributed by atoms with Crippen molar-refractivity contribution in [3.05, 3.63) is 23.0 Å². The smallest absolute Gasteiger partial charge is 0.0490 e. The number of aliphatic hydroxyl groups is 1. The molecule has 2 rings (SSSR count). The highest BCUT2D eigenvalue weighted by molar-refractivity contribution is 5.31. The van der Waals surface area contributed by atoms with E-state index in [0.29, 0.717) is 6.61 Å². The highest BCUT2D eigenvalue weighted by Gasteiger charge is 2.42. The highest BCUT2D eigenvalue weighted by atomic mass is 16.3. The molecule has 0 unspecified atom stereocenters. The van der Waals surface area contributed by atoms with Gasteiger partial charge in [-0.3, -0.25) is 0 Å². The molecule has 2 heteroatoms. The summed E-state index contributed by atoms with van der Waals surface area (Å²) >= 11 is 0. The minimum atomic E-state index is 0.234. The van der Waals surface area contributed by atoms with Crippen molar-refractivity contribution in [1.82, 2.24) is 4.98 Å². The number of aromatic amines is 1. The molecule has 0 saturated heterocycles. The molecule has 1 aromatic rings. The number of H-pyrrole nitrogens is 1. The first kappa shape index (κ1) is 8.82. The lowest BCUT2D eigenvalue weighted by atomic mass is 9.95. The van der Waals surface area contributed by atoms with Gasteiger partial charge in [0.1, 0.15) is 0 Å². The lowest BCUT2D eigenvalue weighted by molar-refractivity contribution is 0.211. The van der Waals surface area contributed by atoms with Crippen LogP contribution in [0, 0.1) is 19.3 Å².